The summed E-state index contributed by atoms with van der Waals surface area (Å²) in [6.07, 6.45) is 0.627. The van der Waals surface area contributed by atoms with Crippen LogP contribution in [-0.4, -0.2) is 52.4 Å². The van der Waals surface area contributed by atoms with Crippen LogP contribution in [0.1, 0.15) is 29.3 Å². The number of aromatic hydroxyl groups is 1. The van der Waals surface area contributed by atoms with Crippen LogP contribution in [0.5, 0.6) is 5.75 Å². The van der Waals surface area contributed by atoms with E-state index in [1.165, 1.54) is 24.1 Å². The van der Waals surface area contributed by atoms with Crippen LogP contribution in [0.15, 0.2) is 58.1 Å². The number of nitrogens with one attached hydrogen (secondary N) is 3. The highest BCUT2D eigenvalue weighted by Gasteiger charge is 2.21. The van der Waals surface area contributed by atoms with Crippen LogP contribution in [0.25, 0.3) is 0 Å². The molecule has 0 saturated heterocycles. The number of rotatable bonds is 10. The number of ether oxygens (including phenoxy) is 1. The molecule has 0 unspecified atom stereocenters. The summed E-state index contributed by atoms with van der Waals surface area (Å²) in [6, 6.07) is 14.0. The maximum absolute atomic E-state index is 13.0. The first-order chi connectivity index (χ1) is 16.7. The number of aromatic nitrogens is 2. The summed E-state index contributed by atoms with van der Waals surface area (Å²) >= 11 is 0. The molecule has 0 aliphatic rings. The molecule has 0 bridgehead atoms. The lowest BCUT2D eigenvalue weighted by Gasteiger charge is -2.21. The molecule has 4 N–H and O–H groups in total. The summed E-state index contributed by atoms with van der Waals surface area (Å²) in [4.78, 5) is 39.5. The van der Waals surface area contributed by atoms with Crippen LogP contribution in [0.3, 0.4) is 0 Å². The number of H-pyrrole nitrogens is 1. The van der Waals surface area contributed by atoms with Gasteiger partial charge in [-0.25, -0.2) is 0 Å². The largest absolute Gasteiger partial charge is 0.505 e. The second kappa shape index (κ2) is 11.4. The normalized spacial score (nSPS) is 11.7. The minimum atomic E-state index is -0.571. The van der Waals surface area contributed by atoms with Gasteiger partial charge in [0.05, 0.1) is 24.5 Å². The van der Waals surface area contributed by atoms with Crippen molar-refractivity contribution >= 4 is 23.0 Å². The summed E-state index contributed by atoms with van der Waals surface area (Å²) < 4.78 is 6.91. The van der Waals surface area contributed by atoms with Gasteiger partial charge >= 0.3 is 0 Å². The van der Waals surface area contributed by atoms with E-state index in [2.05, 4.69) is 15.7 Å². The molecule has 1 atom stereocenters. The topological polar surface area (TPSA) is 129 Å². The Kier molecular flexibility index (Phi) is 8.32. The lowest BCUT2D eigenvalue weighted by atomic mass is 10.1. The minimum Gasteiger partial charge on any atom is -0.505 e. The van der Waals surface area contributed by atoms with Crippen molar-refractivity contribution in [3.63, 3.8) is 0 Å². The Morgan fingerprint density at radius 3 is 2.49 bits per heavy atom. The quantitative estimate of drug-likeness (QED) is 0.328. The monoisotopic (exact) mass is 481 g/mol. The van der Waals surface area contributed by atoms with Crippen molar-refractivity contribution in [2.45, 2.75) is 26.0 Å². The summed E-state index contributed by atoms with van der Waals surface area (Å²) in [5.74, 6) is -0.723. The zero-order valence-electron chi connectivity index (χ0n) is 20.3. The van der Waals surface area contributed by atoms with E-state index in [0.717, 1.165) is 10.2 Å². The van der Waals surface area contributed by atoms with Crippen molar-refractivity contribution in [1.29, 1.82) is 0 Å². The number of phenols is 1. The maximum atomic E-state index is 13.0. The van der Waals surface area contributed by atoms with Gasteiger partial charge < -0.3 is 25.4 Å². The van der Waals surface area contributed by atoms with Crippen molar-refractivity contribution in [2.75, 3.05) is 31.3 Å². The molecule has 1 aromatic heterocycles. The molecule has 0 aliphatic heterocycles. The van der Waals surface area contributed by atoms with Gasteiger partial charge in [-0.05, 0) is 24.1 Å². The molecule has 1 heterocycles. The van der Waals surface area contributed by atoms with Gasteiger partial charge in [-0.15, -0.1) is 0 Å². The number of amides is 1. The number of carbonyl (C=O) groups excluding carboxylic acids is 1. The number of para-hydroxylation sites is 1. The van der Waals surface area contributed by atoms with Crippen LogP contribution >= 0.6 is 0 Å². The average molecular weight is 482 g/mol. The molecule has 10 heteroatoms. The second-order valence-corrected chi connectivity index (χ2v) is 8.33. The van der Waals surface area contributed by atoms with Crippen LogP contribution in [0, 0.1) is 0 Å². The first-order valence-corrected chi connectivity index (χ1v) is 11.2. The molecule has 0 saturated carbocycles. The van der Waals surface area contributed by atoms with E-state index in [4.69, 9.17) is 4.74 Å². The summed E-state index contributed by atoms with van der Waals surface area (Å²) in [5, 5.41) is 19.1. The third-order valence-corrected chi connectivity index (χ3v) is 5.47. The van der Waals surface area contributed by atoms with Gasteiger partial charge in [-0.1, -0.05) is 43.3 Å². The van der Waals surface area contributed by atoms with E-state index in [9.17, 15) is 19.5 Å². The molecule has 0 radical (unpaired) electrons. The van der Waals surface area contributed by atoms with Gasteiger partial charge in [0.25, 0.3) is 17.0 Å². The van der Waals surface area contributed by atoms with E-state index in [-0.39, 0.29) is 34.4 Å². The summed E-state index contributed by atoms with van der Waals surface area (Å²) in [5.41, 5.74) is 0.143. The van der Waals surface area contributed by atoms with E-state index in [1.54, 1.807) is 20.2 Å². The number of aromatic amines is 1. The first-order valence-electron chi connectivity index (χ1n) is 11.2. The zero-order chi connectivity index (χ0) is 25.5. The SMILES string of the molecule is CC[C@H](COCc1ccccc1)Nc1c(Nc2cccc(C(=O)N(C)C)c2O)c(=O)[nH]n(C)c1=O. The predicted octanol–water partition coefficient (Wildman–Crippen LogP) is 2.63. The molecule has 186 valence electrons. The van der Waals surface area contributed by atoms with Gasteiger partial charge in [0.2, 0.25) is 0 Å². The molecule has 2 aromatic carbocycles. The number of hydrogen-bond donors (Lipinski definition) is 4. The second-order valence-electron chi connectivity index (χ2n) is 8.33. The Labute approximate surface area is 203 Å². The van der Waals surface area contributed by atoms with E-state index < -0.39 is 17.0 Å². The number of hydrogen-bond acceptors (Lipinski definition) is 7. The fourth-order valence-corrected chi connectivity index (χ4v) is 3.45. The summed E-state index contributed by atoms with van der Waals surface area (Å²) in [7, 11) is 4.58. The molecule has 35 heavy (non-hydrogen) atoms. The average Bonchev–Trinajstić information content (AvgIpc) is 2.84. The van der Waals surface area contributed by atoms with Crippen molar-refractivity contribution < 1.29 is 14.6 Å². The fourth-order valence-electron chi connectivity index (χ4n) is 3.45. The van der Waals surface area contributed by atoms with Crippen molar-refractivity contribution in [3.05, 3.63) is 80.4 Å². The highest BCUT2D eigenvalue weighted by Crippen LogP contribution is 2.31. The molecule has 3 aromatic rings. The molecular formula is C25H31N5O5. The smallest absolute Gasteiger partial charge is 0.290 e. The Morgan fingerprint density at radius 2 is 1.83 bits per heavy atom. The molecule has 0 fully saturated rings. The van der Waals surface area contributed by atoms with Crippen LogP contribution in [-0.2, 0) is 18.4 Å². The number of nitrogens with zero attached hydrogens (tertiary/aromatic N) is 2. The molecule has 0 spiro atoms. The van der Waals surface area contributed by atoms with E-state index in [1.807, 2.05) is 37.3 Å². The number of benzene rings is 2. The Morgan fingerprint density at radius 1 is 1.11 bits per heavy atom. The maximum Gasteiger partial charge on any atom is 0.290 e. The van der Waals surface area contributed by atoms with Crippen molar-refractivity contribution in [3.8, 4) is 5.75 Å². The number of carbonyl (C=O) groups is 1. The molecule has 3 rings (SSSR count). The Balaban J connectivity index is 1.88. The lowest BCUT2D eigenvalue weighted by Crippen LogP contribution is -2.35. The van der Waals surface area contributed by atoms with E-state index >= 15 is 0 Å². The third kappa shape index (κ3) is 6.10. The van der Waals surface area contributed by atoms with Gasteiger partial charge in [0, 0.05) is 27.2 Å². The van der Waals surface area contributed by atoms with Gasteiger partial charge in [-0.2, -0.15) is 0 Å². The van der Waals surface area contributed by atoms with Crippen molar-refractivity contribution in [1.82, 2.24) is 14.7 Å². The molecule has 10 nitrogen and oxygen atoms in total. The minimum absolute atomic E-state index is 0.0372. The van der Waals surface area contributed by atoms with Crippen LogP contribution < -0.4 is 21.8 Å². The highest BCUT2D eigenvalue weighted by molar-refractivity contribution is 5.98. The molecule has 1 amide bonds. The van der Waals surface area contributed by atoms with Gasteiger partial charge in [0.1, 0.15) is 11.4 Å². The molecular weight excluding hydrogens is 450 g/mol. The number of phenolic OH excluding ortho intramolecular Hbond substituents is 1. The number of anilines is 3. The lowest BCUT2D eigenvalue weighted by molar-refractivity contribution is 0.0824. The van der Waals surface area contributed by atoms with Crippen LogP contribution in [0.4, 0.5) is 17.1 Å². The predicted molar refractivity (Wildman–Crippen MR) is 136 cm³/mol. The first kappa shape index (κ1) is 25.6. The van der Waals surface area contributed by atoms with Crippen LogP contribution in [0.2, 0.25) is 0 Å². The van der Waals surface area contributed by atoms with Crippen molar-refractivity contribution in [2.24, 2.45) is 7.05 Å². The fraction of sp³-hybridized carbons (Fsp3) is 0.320. The van der Waals surface area contributed by atoms with Gasteiger partial charge in [0.15, 0.2) is 5.75 Å². The third-order valence-electron chi connectivity index (χ3n) is 5.47. The van der Waals surface area contributed by atoms with Gasteiger partial charge in [-0.3, -0.25) is 24.2 Å². The zero-order valence-corrected chi connectivity index (χ0v) is 20.3. The molecule has 0 aliphatic carbocycles. The Bertz CT molecular complexity index is 1280. The summed E-state index contributed by atoms with van der Waals surface area (Å²) in [6.45, 7) is 2.66. The number of aryl methyl sites for hydroxylation is 1. The van der Waals surface area contributed by atoms with E-state index in [0.29, 0.717) is 19.6 Å². The Hall–Kier alpha value is -4.05. The standard InChI is InChI=1S/C25H31N5O5/c1-5-17(15-35-14-16-10-7-6-8-11-16)26-21-20(23(32)28-30(4)25(21)34)27-19-13-9-12-18(22(19)31)24(33)29(2)3/h6-13,17,26-27,31H,5,14-15H2,1-4H3,(H,28,32)/t17-/m1/s1. The highest BCUT2D eigenvalue weighted by atomic mass is 16.5.